The minimum absolute atomic E-state index is 0. The summed E-state index contributed by atoms with van der Waals surface area (Å²) in [5, 5.41) is 0. The average Bonchev–Trinajstić information content (AvgIpc) is 0. The molecule has 4 heavy (non-hydrogen) atoms. The van der Waals surface area contributed by atoms with Gasteiger partial charge in [-0.2, -0.15) is 0 Å². The molecule has 0 bridgehead atoms. The molecule has 1 radical (unpaired) electrons. The van der Waals surface area contributed by atoms with Crippen molar-refractivity contribution in [3.8, 4) is 0 Å². The van der Waals surface area contributed by atoms with Crippen LogP contribution in [0.15, 0.2) is 0 Å². The van der Waals surface area contributed by atoms with E-state index in [1.165, 1.54) is 0 Å². The molecule has 0 N–H and O–H groups in total. The Morgan fingerprint density at radius 1 is 0.750 bits per heavy atom. The molecule has 0 atom stereocenters. The van der Waals surface area contributed by atoms with Gasteiger partial charge < -0.3 is 24.8 Å². The molecule has 0 aliphatic heterocycles. The summed E-state index contributed by atoms with van der Waals surface area (Å²) in [6.45, 7) is 0. The van der Waals surface area contributed by atoms with Crippen LogP contribution in [0.25, 0.3) is 0 Å². The zero-order valence-electron chi connectivity index (χ0n) is 1.56. The first-order valence-corrected chi connectivity index (χ1v) is 0. The van der Waals surface area contributed by atoms with Crippen molar-refractivity contribution in [1.29, 1.82) is 0 Å². The van der Waals surface area contributed by atoms with Crippen LogP contribution in [0.5, 0.6) is 0 Å². The molecule has 0 unspecified atom stereocenters. The third-order valence-corrected chi connectivity index (χ3v) is 0. The van der Waals surface area contributed by atoms with Crippen LogP contribution in [0.2, 0.25) is 0 Å². The van der Waals surface area contributed by atoms with Crippen molar-refractivity contribution in [2.24, 2.45) is 0 Å². The second kappa shape index (κ2) is 17.9. The molecule has 0 amide bonds. The molecule has 0 aromatic carbocycles. The van der Waals surface area contributed by atoms with Gasteiger partial charge in [0.25, 0.3) is 0 Å². The first-order chi connectivity index (χ1) is 0. The molecule has 4 heteroatoms. The number of hydrogen-bond acceptors (Lipinski definition) is 0. The zero-order chi connectivity index (χ0) is 0. The number of hydrogen-bond donors (Lipinski definition) is 0. The van der Waals surface area contributed by atoms with Crippen LogP contribution in [0.4, 0.5) is 0 Å². The molecule has 0 fully saturated rings. The van der Waals surface area contributed by atoms with E-state index in [2.05, 4.69) is 0 Å². The van der Waals surface area contributed by atoms with Gasteiger partial charge in [-0.3, -0.25) is 0 Å². The summed E-state index contributed by atoms with van der Waals surface area (Å²) in [4.78, 5) is 0. The Balaban J connectivity index is 0. The smallest absolute Gasteiger partial charge is 1.00 e. The fourth-order valence-corrected chi connectivity index (χ4v) is 0. The normalized spacial score (nSPS) is 0. The van der Waals surface area contributed by atoms with Crippen LogP contribution in [-0.2, 0) is 17.1 Å². The maximum atomic E-state index is 0. The van der Waals surface area contributed by atoms with Gasteiger partial charge in [0, 0.05) is 41.7 Å². The Kier molecular flexibility index (Phi) is 142. The third-order valence-electron chi connectivity index (χ3n) is 0. The van der Waals surface area contributed by atoms with Crippen LogP contribution >= 0.6 is 0 Å². The van der Waals surface area contributed by atoms with Crippen molar-refractivity contribution in [2.45, 2.75) is 0 Å². The van der Waals surface area contributed by atoms with E-state index >= 15 is 0 Å². The van der Waals surface area contributed by atoms with Gasteiger partial charge in [-0.15, -0.1) is 0 Å². The van der Waals surface area contributed by atoms with Gasteiger partial charge in [-0.25, -0.2) is 0 Å². The molecule has 0 aromatic rings. The van der Waals surface area contributed by atoms with Crippen LogP contribution in [-0.4, -0.2) is 0 Å². The van der Waals surface area contributed by atoms with Crippen molar-refractivity contribution >= 4 is 0 Å². The summed E-state index contributed by atoms with van der Waals surface area (Å²) in [5.41, 5.74) is 0. The van der Waals surface area contributed by atoms with Crippen molar-refractivity contribution in [3.63, 3.8) is 0 Å². The molecule has 0 saturated heterocycles. The van der Waals surface area contributed by atoms with Gasteiger partial charge in [0.2, 0.25) is 0 Å². The number of rotatable bonds is 0. The molecule has 0 rings (SSSR count). The van der Waals surface area contributed by atoms with Crippen molar-refractivity contribution in [1.82, 2.24) is 0 Å². The van der Waals surface area contributed by atoms with Gasteiger partial charge in [-0.1, -0.05) is 0 Å². The van der Waals surface area contributed by atoms with Crippen LogP contribution in [0, 0.1) is 41.7 Å². The molecular formula is CeCl2Cu. The molecule has 0 aromatic heterocycles. The molecule has 0 spiro atoms. The first-order valence-electron chi connectivity index (χ1n) is 0. The predicted octanol–water partition coefficient (Wildman–Crippen LogP) is -5.99. The Morgan fingerprint density at radius 3 is 0.750 bits per heavy atom. The summed E-state index contributed by atoms with van der Waals surface area (Å²) in [6, 6.07) is 0. The quantitative estimate of drug-likeness (QED) is 0.386. The summed E-state index contributed by atoms with van der Waals surface area (Å²) in [7, 11) is 0. The van der Waals surface area contributed by atoms with Gasteiger partial charge in [0.1, 0.15) is 0 Å². The second-order valence-electron chi connectivity index (χ2n) is 0. The standard InChI is InChI=1S/Ce.2ClH.Cu/h;2*1H;/q;;;+2/p-2. The fraction of sp³-hybridized carbons (Fsp3) is 0. The van der Waals surface area contributed by atoms with E-state index in [-0.39, 0.29) is 83.6 Å². The van der Waals surface area contributed by atoms with E-state index in [1.54, 1.807) is 0 Å². The monoisotopic (exact) mass is 273 g/mol. The Labute approximate surface area is 82.2 Å². The third kappa shape index (κ3) is 8.82. The summed E-state index contributed by atoms with van der Waals surface area (Å²) >= 11 is 0. The molecule has 29 valence electrons. The van der Waals surface area contributed by atoms with Gasteiger partial charge in [-0.05, 0) is 0 Å². The van der Waals surface area contributed by atoms with Crippen molar-refractivity contribution in [3.05, 3.63) is 0 Å². The molecule has 0 nitrogen and oxygen atoms in total. The average molecular weight is 275 g/mol. The fourth-order valence-electron chi connectivity index (χ4n) is 0. The second-order valence-corrected chi connectivity index (χ2v) is 0. The molecular weight excluding hydrogens is 275 g/mol. The Morgan fingerprint density at radius 2 is 0.750 bits per heavy atom. The molecule has 0 saturated carbocycles. The largest absolute Gasteiger partial charge is 2.00 e. The van der Waals surface area contributed by atoms with Crippen LogP contribution in [0.3, 0.4) is 0 Å². The minimum atomic E-state index is 0. The maximum Gasteiger partial charge on any atom is 2.00 e. The van der Waals surface area contributed by atoms with E-state index in [1.807, 2.05) is 0 Å². The van der Waals surface area contributed by atoms with E-state index in [4.69, 9.17) is 0 Å². The Bertz CT molecular complexity index is 6.00. The van der Waals surface area contributed by atoms with Crippen molar-refractivity contribution in [2.75, 3.05) is 0 Å². The van der Waals surface area contributed by atoms with E-state index in [0.717, 1.165) is 0 Å². The van der Waals surface area contributed by atoms with Crippen LogP contribution < -0.4 is 24.8 Å². The van der Waals surface area contributed by atoms with Crippen molar-refractivity contribution < 1.29 is 83.6 Å². The van der Waals surface area contributed by atoms with Crippen LogP contribution in [0.1, 0.15) is 0 Å². The van der Waals surface area contributed by atoms with Gasteiger partial charge >= 0.3 is 17.1 Å². The van der Waals surface area contributed by atoms with E-state index < -0.39 is 0 Å². The first kappa shape index (κ1) is 31.7. The maximum absolute atomic E-state index is 0. The van der Waals surface area contributed by atoms with E-state index in [9.17, 15) is 0 Å². The van der Waals surface area contributed by atoms with Gasteiger partial charge in [0.05, 0.1) is 0 Å². The summed E-state index contributed by atoms with van der Waals surface area (Å²) in [6.07, 6.45) is 0. The predicted molar refractivity (Wildman–Crippen MR) is 0 cm³/mol. The SMILES string of the molecule is [Ce].[Cl-].[Cl-].[Cu+2]. The number of halogens is 2. The summed E-state index contributed by atoms with van der Waals surface area (Å²) < 4.78 is 0. The Hall–Kier alpha value is 2.48. The van der Waals surface area contributed by atoms with Gasteiger partial charge in [0.15, 0.2) is 0 Å². The summed E-state index contributed by atoms with van der Waals surface area (Å²) in [5.74, 6) is 0. The topological polar surface area (TPSA) is 0 Å². The zero-order valence-corrected chi connectivity index (χ0v) is 7.15. The molecule has 0 heterocycles. The van der Waals surface area contributed by atoms with E-state index in [0.29, 0.717) is 0 Å². The molecule has 0 aliphatic carbocycles. The molecule has 0 aliphatic rings. The minimum Gasteiger partial charge on any atom is -1.00 e.